The summed E-state index contributed by atoms with van der Waals surface area (Å²) in [6.45, 7) is 4.30. The Labute approximate surface area is 183 Å². The van der Waals surface area contributed by atoms with Crippen LogP contribution in [-0.2, 0) is 10.9 Å². The summed E-state index contributed by atoms with van der Waals surface area (Å²) in [4.78, 5) is 15.3. The quantitative estimate of drug-likeness (QED) is 0.574. The van der Waals surface area contributed by atoms with E-state index in [1.807, 2.05) is 42.2 Å². The lowest BCUT2D eigenvalue weighted by atomic mass is 10.1. The third kappa shape index (κ3) is 5.44. The van der Waals surface area contributed by atoms with E-state index in [4.69, 9.17) is 4.74 Å². The zero-order chi connectivity index (χ0) is 22.6. The maximum Gasteiger partial charge on any atom is 0.416 e. The number of hydrogen-bond donors (Lipinski definition) is 2. The SMILES string of the molecule is CC(Nc1nc(Nc2cccc(C(F)(F)F)c2)nc(N2CCOCC2)n1)c1ccccc1. The summed E-state index contributed by atoms with van der Waals surface area (Å²) in [6, 6.07) is 14.6. The van der Waals surface area contributed by atoms with Crippen molar-refractivity contribution in [3.05, 3.63) is 65.7 Å². The number of benzene rings is 2. The Hall–Kier alpha value is -3.40. The number of rotatable bonds is 6. The number of anilines is 4. The van der Waals surface area contributed by atoms with E-state index in [2.05, 4.69) is 25.6 Å². The van der Waals surface area contributed by atoms with E-state index in [0.29, 0.717) is 38.2 Å². The van der Waals surface area contributed by atoms with Crippen molar-refractivity contribution in [1.29, 1.82) is 0 Å². The Morgan fingerprint density at radius 1 is 0.938 bits per heavy atom. The van der Waals surface area contributed by atoms with Gasteiger partial charge in [-0.1, -0.05) is 36.4 Å². The predicted molar refractivity (Wildman–Crippen MR) is 116 cm³/mol. The molecule has 168 valence electrons. The number of halogens is 3. The highest BCUT2D eigenvalue weighted by Gasteiger charge is 2.30. The highest BCUT2D eigenvalue weighted by molar-refractivity contribution is 5.57. The summed E-state index contributed by atoms with van der Waals surface area (Å²) < 4.78 is 44.6. The minimum absolute atomic E-state index is 0.0856. The first-order valence-corrected chi connectivity index (χ1v) is 10.2. The van der Waals surface area contributed by atoms with E-state index in [-0.39, 0.29) is 17.7 Å². The smallest absolute Gasteiger partial charge is 0.378 e. The van der Waals surface area contributed by atoms with Crippen molar-refractivity contribution in [3.63, 3.8) is 0 Å². The van der Waals surface area contributed by atoms with Crippen LogP contribution in [0.3, 0.4) is 0 Å². The van der Waals surface area contributed by atoms with Crippen LogP contribution in [0.25, 0.3) is 0 Å². The fraction of sp³-hybridized carbons (Fsp3) is 0.318. The minimum atomic E-state index is -4.44. The topological polar surface area (TPSA) is 75.2 Å². The second-order valence-electron chi connectivity index (χ2n) is 7.36. The van der Waals surface area contributed by atoms with Gasteiger partial charge in [0.05, 0.1) is 24.8 Å². The van der Waals surface area contributed by atoms with Gasteiger partial charge in [-0.3, -0.25) is 0 Å². The van der Waals surface area contributed by atoms with Gasteiger partial charge in [-0.25, -0.2) is 0 Å². The molecule has 0 amide bonds. The summed E-state index contributed by atoms with van der Waals surface area (Å²) in [5.74, 6) is 0.913. The second-order valence-corrected chi connectivity index (χ2v) is 7.36. The number of aromatic nitrogens is 3. The van der Waals surface area contributed by atoms with Gasteiger partial charge < -0.3 is 20.3 Å². The molecule has 0 aliphatic carbocycles. The van der Waals surface area contributed by atoms with Crippen molar-refractivity contribution in [3.8, 4) is 0 Å². The van der Waals surface area contributed by atoms with Gasteiger partial charge in [0.25, 0.3) is 0 Å². The van der Waals surface area contributed by atoms with E-state index >= 15 is 0 Å². The lowest BCUT2D eigenvalue weighted by Crippen LogP contribution is -2.37. The molecule has 1 saturated heterocycles. The Balaban J connectivity index is 1.63. The molecule has 1 fully saturated rings. The zero-order valence-corrected chi connectivity index (χ0v) is 17.4. The third-order valence-electron chi connectivity index (χ3n) is 5.01. The van der Waals surface area contributed by atoms with Gasteiger partial charge in [-0.05, 0) is 30.7 Å². The van der Waals surface area contributed by atoms with Crippen molar-refractivity contribution in [1.82, 2.24) is 15.0 Å². The standard InChI is InChI=1S/C22H23F3N6O/c1-15(16-6-3-2-4-7-16)26-19-28-20(30-21(29-19)31-10-12-32-13-11-31)27-18-9-5-8-17(14-18)22(23,24)25/h2-9,14-15H,10-13H2,1H3,(H2,26,27,28,29,30). The van der Waals surface area contributed by atoms with Crippen LogP contribution in [0.4, 0.5) is 36.7 Å². The molecule has 0 saturated carbocycles. The molecule has 7 nitrogen and oxygen atoms in total. The number of morpholine rings is 1. The summed E-state index contributed by atoms with van der Waals surface area (Å²) in [5.41, 5.74) is 0.537. The molecule has 1 aliphatic rings. The molecule has 10 heteroatoms. The molecule has 1 aromatic heterocycles. The summed E-state index contributed by atoms with van der Waals surface area (Å²) in [7, 11) is 0. The molecular weight excluding hydrogens is 421 g/mol. The molecule has 2 heterocycles. The van der Waals surface area contributed by atoms with Crippen LogP contribution in [0.15, 0.2) is 54.6 Å². The number of nitrogens with zero attached hydrogens (tertiary/aromatic N) is 4. The second kappa shape index (κ2) is 9.39. The van der Waals surface area contributed by atoms with Crippen LogP contribution in [0.2, 0.25) is 0 Å². The molecular formula is C22H23F3N6O. The number of alkyl halides is 3. The monoisotopic (exact) mass is 444 g/mol. The zero-order valence-electron chi connectivity index (χ0n) is 17.4. The van der Waals surface area contributed by atoms with Crippen LogP contribution in [0.5, 0.6) is 0 Å². The lowest BCUT2D eigenvalue weighted by molar-refractivity contribution is -0.137. The number of ether oxygens (including phenoxy) is 1. The highest BCUT2D eigenvalue weighted by Crippen LogP contribution is 2.31. The predicted octanol–water partition coefficient (Wildman–Crippen LogP) is 4.64. The van der Waals surface area contributed by atoms with Gasteiger partial charge in [0.2, 0.25) is 17.8 Å². The number of nitrogens with one attached hydrogen (secondary N) is 2. The molecule has 32 heavy (non-hydrogen) atoms. The Morgan fingerprint density at radius 3 is 2.38 bits per heavy atom. The van der Waals surface area contributed by atoms with Crippen LogP contribution >= 0.6 is 0 Å². The average Bonchev–Trinajstić information content (AvgIpc) is 2.80. The van der Waals surface area contributed by atoms with Crippen molar-refractivity contribution >= 4 is 23.5 Å². The van der Waals surface area contributed by atoms with Gasteiger partial charge in [-0.15, -0.1) is 0 Å². The molecule has 4 rings (SSSR count). The fourth-order valence-corrected chi connectivity index (χ4v) is 3.31. The first kappa shape index (κ1) is 21.8. The number of hydrogen-bond acceptors (Lipinski definition) is 7. The van der Waals surface area contributed by atoms with Crippen molar-refractivity contribution in [2.45, 2.75) is 19.1 Å². The normalized spacial score (nSPS) is 15.3. The molecule has 0 spiro atoms. The van der Waals surface area contributed by atoms with Crippen LogP contribution < -0.4 is 15.5 Å². The third-order valence-corrected chi connectivity index (χ3v) is 5.01. The first-order valence-electron chi connectivity index (χ1n) is 10.2. The van der Waals surface area contributed by atoms with Crippen LogP contribution in [-0.4, -0.2) is 41.3 Å². The largest absolute Gasteiger partial charge is 0.416 e. The maximum absolute atomic E-state index is 13.1. The van der Waals surface area contributed by atoms with Crippen molar-refractivity contribution in [2.75, 3.05) is 41.8 Å². The summed E-state index contributed by atoms with van der Waals surface area (Å²) >= 11 is 0. The Bertz CT molecular complexity index is 1040. The van der Waals surface area contributed by atoms with Gasteiger partial charge in [0.15, 0.2) is 0 Å². The van der Waals surface area contributed by atoms with Gasteiger partial charge in [-0.2, -0.15) is 28.1 Å². The molecule has 1 aliphatic heterocycles. The fourth-order valence-electron chi connectivity index (χ4n) is 3.31. The average molecular weight is 444 g/mol. The minimum Gasteiger partial charge on any atom is -0.378 e. The molecule has 1 unspecified atom stereocenters. The van der Waals surface area contributed by atoms with Crippen molar-refractivity contribution in [2.24, 2.45) is 0 Å². The van der Waals surface area contributed by atoms with E-state index in [1.165, 1.54) is 12.1 Å². The summed E-state index contributed by atoms with van der Waals surface area (Å²) in [6.07, 6.45) is -4.44. The van der Waals surface area contributed by atoms with E-state index in [9.17, 15) is 13.2 Å². The lowest BCUT2D eigenvalue weighted by Gasteiger charge is -2.27. The van der Waals surface area contributed by atoms with E-state index in [1.54, 1.807) is 0 Å². The highest BCUT2D eigenvalue weighted by atomic mass is 19.4. The van der Waals surface area contributed by atoms with Crippen molar-refractivity contribution < 1.29 is 17.9 Å². The van der Waals surface area contributed by atoms with E-state index in [0.717, 1.165) is 17.7 Å². The molecule has 2 aromatic carbocycles. The molecule has 0 radical (unpaired) electrons. The molecule has 0 bridgehead atoms. The molecule has 1 atom stereocenters. The first-order chi connectivity index (χ1) is 15.4. The van der Waals surface area contributed by atoms with E-state index < -0.39 is 11.7 Å². The van der Waals surface area contributed by atoms with Gasteiger partial charge >= 0.3 is 6.18 Å². The summed E-state index contributed by atoms with van der Waals surface area (Å²) in [5, 5.41) is 6.15. The molecule has 3 aromatic rings. The molecule has 2 N–H and O–H groups in total. The van der Waals surface area contributed by atoms with Gasteiger partial charge in [0.1, 0.15) is 0 Å². The maximum atomic E-state index is 13.1. The van der Waals surface area contributed by atoms with Gasteiger partial charge in [0, 0.05) is 18.8 Å². The Kier molecular flexibility index (Phi) is 6.40. The Morgan fingerprint density at radius 2 is 1.66 bits per heavy atom. The van der Waals surface area contributed by atoms with Crippen LogP contribution in [0.1, 0.15) is 24.1 Å². The van der Waals surface area contributed by atoms with Crippen LogP contribution in [0, 0.1) is 0 Å².